The summed E-state index contributed by atoms with van der Waals surface area (Å²) in [6.07, 6.45) is 5.61. The normalized spacial score (nSPS) is 16.1. The summed E-state index contributed by atoms with van der Waals surface area (Å²) in [5, 5.41) is 23.3. The average Bonchev–Trinajstić information content (AvgIpc) is 3.24. The number of fused-ring (bicyclic) bond motifs is 1. The molecule has 6 nitrogen and oxygen atoms in total. The van der Waals surface area contributed by atoms with E-state index in [-0.39, 0.29) is 12.0 Å². The van der Waals surface area contributed by atoms with E-state index in [0.717, 1.165) is 53.5 Å². The third kappa shape index (κ3) is 4.34. The monoisotopic (exact) mass is 435 g/mol. The summed E-state index contributed by atoms with van der Waals surface area (Å²) < 4.78 is 5.71. The molecule has 0 saturated heterocycles. The molecule has 32 heavy (non-hydrogen) atoms. The van der Waals surface area contributed by atoms with Crippen LogP contribution in [0.4, 0.5) is 0 Å². The van der Waals surface area contributed by atoms with Crippen LogP contribution < -0.4 is 0 Å². The lowest BCUT2D eigenvalue weighted by atomic mass is 9.73. The molecule has 1 aliphatic carbocycles. The van der Waals surface area contributed by atoms with Crippen molar-refractivity contribution in [3.63, 3.8) is 0 Å². The number of aliphatic hydroxyl groups excluding tert-OH is 2. The highest BCUT2D eigenvalue weighted by atomic mass is 16.5. The van der Waals surface area contributed by atoms with Gasteiger partial charge in [-0.25, -0.2) is 0 Å². The molecule has 2 heterocycles. The van der Waals surface area contributed by atoms with Crippen molar-refractivity contribution in [3.8, 4) is 22.8 Å². The lowest BCUT2D eigenvalue weighted by Crippen LogP contribution is -2.24. The molecule has 2 aromatic heterocycles. The van der Waals surface area contributed by atoms with Gasteiger partial charge in [0.25, 0.3) is 5.89 Å². The van der Waals surface area contributed by atoms with Crippen molar-refractivity contribution in [2.45, 2.75) is 72.8 Å². The standard InChI is InChI=1S/C26H33N3O3/c1-6-23-21-12-26(4,5)8-7-19(21)22(13-27-23)25-28-24(29-32-25)17-9-15(2)20(16(3)10-17)11-18(31)14-30/h9-10,13,18,30-31H,6-8,11-12,14H2,1-5H3. The zero-order valence-electron chi connectivity index (χ0n) is 19.7. The molecule has 0 aliphatic heterocycles. The quantitative estimate of drug-likeness (QED) is 0.597. The summed E-state index contributed by atoms with van der Waals surface area (Å²) in [6.45, 7) is 10.6. The van der Waals surface area contributed by atoms with E-state index in [1.807, 2.05) is 32.2 Å². The zero-order chi connectivity index (χ0) is 23.0. The Labute approximate surface area is 189 Å². The second-order valence-electron chi connectivity index (χ2n) is 9.82. The van der Waals surface area contributed by atoms with Crippen LogP contribution in [0.2, 0.25) is 0 Å². The zero-order valence-corrected chi connectivity index (χ0v) is 19.7. The molecule has 0 radical (unpaired) electrons. The first-order valence-electron chi connectivity index (χ1n) is 11.5. The number of aliphatic hydroxyl groups is 2. The number of aromatic nitrogens is 3. The smallest absolute Gasteiger partial charge is 0.260 e. The lowest BCUT2D eigenvalue weighted by Gasteiger charge is -2.33. The van der Waals surface area contributed by atoms with Crippen LogP contribution in [0.5, 0.6) is 0 Å². The highest BCUT2D eigenvalue weighted by Gasteiger charge is 2.30. The fraction of sp³-hybridized carbons (Fsp3) is 0.500. The van der Waals surface area contributed by atoms with Crippen molar-refractivity contribution < 1.29 is 14.7 Å². The molecule has 3 aromatic rings. The molecule has 1 aliphatic rings. The van der Waals surface area contributed by atoms with Gasteiger partial charge in [0, 0.05) is 23.9 Å². The van der Waals surface area contributed by atoms with Crippen LogP contribution in [0.15, 0.2) is 22.9 Å². The third-order valence-electron chi connectivity index (χ3n) is 6.69. The number of hydrogen-bond donors (Lipinski definition) is 2. The van der Waals surface area contributed by atoms with Crippen molar-refractivity contribution in [1.29, 1.82) is 0 Å². The number of hydrogen-bond acceptors (Lipinski definition) is 6. The molecule has 1 aromatic carbocycles. The maximum atomic E-state index is 9.85. The first-order valence-corrected chi connectivity index (χ1v) is 11.5. The van der Waals surface area contributed by atoms with E-state index in [2.05, 4.69) is 25.9 Å². The minimum absolute atomic E-state index is 0.249. The Morgan fingerprint density at radius 1 is 1.16 bits per heavy atom. The Morgan fingerprint density at radius 2 is 1.88 bits per heavy atom. The van der Waals surface area contributed by atoms with Crippen LogP contribution in [0.1, 0.15) is 60.7 Å². The Kier molecular flexibility index (Phi) is 6.19. The second kappa shape index (κ2) is 8.75. The number of pyridine rings is 1. The van der Waals surface area contributed by atoms with Gasteiger partial charge in [0.1, 0.15) is 0 Å². The molecular weight excluding hydrogens is 402 g/mol. The summed E-state index contributed by atoms with van der Waals surface area (Å²) in [5.74, 6) is 1.06. The molecular formula is C26H33N3O3. The van der Waals surface area contributed by atoms with Gasteiger partial charge in [0.15, 0.2) is 0 Å². The molecule has 0 saturated carbocycles. The van der Waals surface area contributed by atoms with Gasteiger partial charge < -0.3 is 14.7 Å². The van der Waals surface area contributed by atoms with Gasteiger partial charge in [-0.2, -0.15) is 4.98 Å². The number of aryl methyl sites for hydroxylation is 3. The number of nitrogens with zero attached hydrogens (tertiary/aromatic N) is 3. The van der Waals surface area contributed by atoms with Gasteiger partial charge in [0.05, 0.1) is 18.3 Å². The predicted octanol–water partition coefficient (Wildman–Crippen LogP) is 4.39. The van der Waals surface area contributed by atoms with Crippen molar-refractivity contribution in [2.24, 2.45) is 5.41 Å². The first-order chi connectivity index (χ1) is 15.2. The molecule has 6 heteroatoms. The van der Waals surface area contributed by atoms with E-state index in [1.54, 1.807) is 0 Å². The number of benzene rings is 1. The van der Waals surface area contributed by atoms with E-state index < -0.39 is 6.10 Å². The van der Waals surface area contributed by atoms with Crippen LogP contribution in [0.25, 0.3) is 22.8 Å². The van der Waals surface area contributed by atoms with Crippen LogP contribution in [0, 0.1) is 19.3 Å². The SMILES string of the molecule is CCc1ncc(-c2nc(-c3cc(C)c(CC(O)CO)c(C)c3)no2)c2c1CC(C)(C)CC2. The minimum Gasteiger partial charge on any atom is -0.394 e. The average molecular weight is 436 g/mol. The van der Waals surface area contributed by atoms with Gasteiger partial charge in [-0.1, -0.05) is 25.9 Å². The summed E-state index contributed by atoms with van der Waals surface area (Å²) in [7, 11) is 0. The summed E-state index contributed by atoms with van der Waals surface area (Å²) in [6, 6.07) is 4.02. The number of rotatable bonds is 6. The van der Waals surface area contributed by atoms with Gasteiger partial charge in [-0.05, 0) is 84.9 Å². The van der Waals surface area contributed by atoms with E-state index in [9.17, 15) is 10.2 Å². The molecule has 4 rings (SSSR count). The minimum atomic E-state index is -0.759. The topological polar surface area (TPSA) is 92.3 Å². The molecule has 1 unspecified atom stereocenters. The summed E-state index contributed by atoms with van der Waals surface area (Å²) in [5.41, 5.74) is 9.02. The van der Waals surface area contributed by atoms with Gasteiger partial charge in [0.2, 0.25) is 5.82 Å². The van der Waals surface area contributed by atoms with Gasteiger partial charge >= 0.3 is 0 Å². The van der Waals surface area contributed by atoms with Gasteiger partial charge in [-0.3, -0.25) is 4.98 Å². The molecule has 0 bridgehead atoms. The Balaban J connectivity index is 1.70. The highest BCUT2D eigenvalue weighted by molar-refractivity contribution is 5.65. The Hall–Kier alpha value is -2.57. The second-order valence-corrected chi connectivity index (χ2v) is 9.82. The van der Waals surface area contributed by atoms with E-state index in [4.69, 9.17) is 14.5 Å². The molecule has 1 atom stereocenters. The molecule has 0 fully saturated rings. The van der Waals surface area contributed by atoms with E-state index >= 15 is 0 Å². The lowest BCUT2D eigenvalue weighted by molar-refractivity contribution is 0.0953. The van der Waals surface area contributed by atoms with E-state index in [0.29, 0.717) is 18.1 Å². The van der Waals surface area contributed by atoms with Crippen LogP contribution in [-0.4, -0.2) is 38.0 Å². The van der Waals surface area contributed by atoms with Crippen molar-refractivity contribution >= 4 is 0 Å². The third-order valence-corrected chi connectivity index (χ3v) is 6.69. The fourth-order valence-electron chi connectivity index (χ4n) is 4.84. The molecule has 0 spiro atoms. The predicted molar refractivity (Wildman–Crippen MR) is 124 cm³/mol. The summed E-state index contributed by atoms with van der Waals surface area (Å²) in [4.78, 5) is 9.47. The Bertz CT molecular complexity index is 1110. The maximum Gasteiger partial charge on any atom is 0.260 e. The van der Waals surface area contributed by atoms with Crippen LogP contribution in [0.3, 0.4) is 0 Å². The first kappa shape index (κ1) is 22.6. The van der Waals surface area contributed by atoms with E-state index in [1.165, 1.54) is 16.8 Å². The molecule has 170 valence electrons. The van der Waals surface area contributed by atoms with Crippen molar-refractivity contribution in [1.82, 2.24) is 15.1 Å². The van der Waals surface area contributed by atoms with Crippen LogP contribution in [-0.2, 0) is 25.7 Å². The van der Waals surface area contributed by atoms with Crippen molar-refractivity contribution in [3.05, 3.63) is 51.8 Å². The van der Waals surface area contributed by atoms with Gasteiger partial charge in [-0.15, -0.1) is 0 Å². The van der Waals surface area contributed by atoms with Crippen molar-refractivity contribution in [2.75, 3.05) is 6.61 Å². The Morgan fingerprint density at radius 3 is 2.53 bits per heavy atom. The maximum absolute atomic E-state index is 9.85. The largest absolute Gasteiger partial charge is 0.394 e. The molecule has 0 amide bonds. The molecule has 2 N–H and O–H groups in total. The highest BCUT2D eigenvalue weighted by Crippen LogP contribution is 2.40. The fourth-order valence-corrected chi connectivity index (χ4v) is 4.84. The summed E-state index contributed by atoms with van der Waals surface area (Å²) >= 11 is 0. The van der Waals surface area contributed by atoms with Crippen LogP contribution >= 0.6 is 0 Å².